The van der Waals surface area contributed by atoms with Crippen molar-refractivity contribution in [3.63, 3.8) is 0 Å². The predicted octanol–water partition coefficient (Wildman–Crippen LogP) is 6.10. The Bertz CT molecular complexity index is 1100. The van der Waals surface area contributed by atoms with Gasteiger partial charge in [0.1, 0.15) is 0 Å². The van der Waals surface area contributed by atoms with Gasteiger partial charge in [0.2, 0.25) is 0 Å². The summed E-state index contributed by atoms with van der Waals surface area (Å²) >= 11 is 13.9. The first-order valence-corrected chi connectivity index (χ1v) is 9.59. The third-order valence-electron chi connectivity index (χ3n) is 4.26. The van der Waals surface area contributed by atoms with Crippen LogP contribution in [0.2, 0.25) is 10.0 Å². The van der Waals surface area contributed by atoms with Gasteiger partial charge in [-0.2, -0.15) is 0 Å². The average Bonchev–Trinajstić information content (AvgIpc) is 2.97. The molecule has 0 aliphatic carbocycles. The minimum Gasteiger partial charge on any atom is -0.270 e. The maximum Gasteiger partial charge on any atom is 0.196 e. The van der Waals surface area contributed by atoms with Crippen molar-refractivity contribution in [3.05, 3.63) is 69.2 Å². The molecular formula is C19H15Cl2N3S. The highest BCUT2D eigenvalue weighted by Crippen LogP contribution is 2.31. The summed E-state index contributed by atoms with van der Waals surface area (Å²) in [5, 5.41) is 12.2. The highest BCUT2D eigenvalue weighted by molar-refractivity contribution is 7.98. The van der Waals surface area contributed by atoms with E-state index in [1.807, 2.05) is 12.1 Å². The second-order valence-electron chi connectivity index (χ2n) is 6.00. The summed E-state index contributed by atoms with van der Waals surface area (Å²) in [6, 6.07) is 14.0. The van der Waals surface area contributed by atoms with Crippen molar-refractivity contribution in [1.82, 2.24) is 14.6 Å². The third-order valence-corrected chi connectivity index (χ3v) is 5.83. The van der Waals surface area contributed by atoms with Crippen LogP contribution in [0.3, 0.4) is 0 Å². The molecular weight excluding hydrogens is 373 g/mol. The lowest BCUT2D eigenvalue weighted by Gasteiger charge is -2.10. The molecule has 3 nitrogen and oxygen atoms in total. The third kappa shape index (κ3) is 2.99. The van der Waals surface area contributed by atoms with E-state index in [4.69, 9.17) is 23.2 Å². The fraction of sp³-hybridized carbons (Fsp3) is 0.158. The lowest BCUT2D eigenvalue weighted by Crippen LogP contribution is -1.96. The number of rotatable bonds is 3. The zero-order chi connectivity index (χ0) is 17.6. The lowest BCUT2D eigenvalue weighted by molar-refractivity contribution is 0.938. The molecule has 25 heavy (non-hydrogen) atoms. The Kier molecular flexibility index (Phi) is 4.36. The van der Waals surface area contributed by atoms with Gasteiger partial charge in [0.15, 0.2) is 10.8 Å². The van der Waals surface area contributed by atoms with E-state index in [9.17, 15) is 0 Å². The van der Waals surface area contributed by atoms with Crippen molar-refractivity contribution in [2.24, 2.45) is 0 Å². The first kappa shape index (κ1) is 16.7. The van der Waals surface area contributed by atoms with Crippen LogP contribution in [0.5, 0.6) is 0 Å². The number of aromatic nitrogens is 3. The SMILES string of the molecule is Cc1cc2nnc(SCc3ccc(Cl)cc3Cl)n2c2c(C)cccc12. The van der Waals surface area contributed by atoms with E-state index < -0.39 is 0 Å². The minimum absolute atomic E-state index is 0.642. The number of hydrogen-bond donors (Lipinski definition) is 0. The Morgan fingerprint density at radius 3 is 2.64 bits per heavy atom. The van der Waals surface area contributed by atoms with Gasteiger partial charge in [-0.1, -0.05) is 59.2 Å². The van der Waals surface area contributed by atoms with Crippen LogP contribution >= 0.6 is 35.0 Å². The van der Waals surface area contributed by atoms with E-state index >= 15 is 0 Å². The molecule has 0 unspecified atom stereocenters. The zero-order valence-electron chi connectivity index (χ0n) is 13.8. The summed E-state index contributed by atoms with van der Waals surface area (Å²) in [6.45, 7) is 4.22. The maximum absolute atomic E-state index is 6.29. The van der Waals surface area contributed by atoms with Crippen LogP contribution < -0.4 is 0 Å². The lowest BCUT2D eigenvalue weighted by atomic mass is 10.1. The molecule has 4 rings (SSSR count). The monoisotopic (exact) mass is 387 g/mol. The minimum atomic E-state index is 0.642. The van der Waals surface area contributed by atoms with Crippen LogP contribution in [0, 0.1) is 13.8 Å². The number of aryl methyl sites for hydroxylation is 2. The van der Waals surface area contributed by atoms with Crippen molar-refractivity contribution in [3.8, 4) is 0 Å². The largest absolute Gasteiger partial charge is 0.270 e. The van der Waals surface area contributed by atoms with Crippen LogP contribution in [-0.2, 0) is 5.75 Å². The van der Waals surface area contributed by atoms with E-state index in [0.29, 0.717) is 15.8 Å². The topological polar surface area (TPSA) is 30.2 Å². The second-order valence-corrected chi connectivity index (χ2v) is 7.79. The number of halogens is 2. The van der Waals surface area contributed by atoms with E-state index in [0.717, 1.165) is 21.9 Å². The number of hydrogen-bond acceptors (Lipinski definition) is 3. The smallest absolute Gasteiger partial charge is 0.196 e. The molecule has 4 aromatic rings. The second kappa shape index (κ2) is 6.52. The molecule has 0 amide bonds. The quantitative estimate of drug-likeness (QED) is 0.397. The standard InChI is InChI=1S/C19H15Cl2N3S/c1-11-4-3-5-15-12(2)8-17-22-23-19(24(17)18(11)15)25-10-13-6-7-14(20)9-16(13)21/h3-9H,10H2,1-2H3. The zero-order valence-corrected chi connectivity index (χ0v) is 16.1. The molecule has 0 saturated carbocycles. The molecule has 2 aromatic heterocycles. The number of fused-ring (bicyclic) bond motifs is 3. The van der Waals surface area contributed by atoms with Crippen LogP contribution in [0.15, 0.2) is 47.6 Å². The van der Waals surface area contributed by atoms with Gasteiger partial charge in [-0.05, 0) is 48.7 Å². The molecule has 0 aliphatic rings. The average molecular weight is 388 g/mol. The normalized spacial score (nSPS) is 11.5. The highest BCUT2D eigenvalue weighted by Gasteiger charge is 2.13. The molecule has 0 radical (unpaired) electrons. The molecule has 2 heterocycles. The summed E-state index contributed by atoms with van der Waals surface area (Å²) in [4.78, 5) is 0. The summed E-state index contributed by atoms with van der Waals surface area (Å²) in [6.07, 6.45) is 0. The fourth-order valence-corrected chi connectivity index (χ4v) is 4.51. The number of para-hydroxylation sites is 1. The molecule has 0 saturated heterocycles. The van der Waals surface area contributed by atoms with Crippen LogP contribution in [0.1, 0.15) is 16.7 Å². The Hall–Kier alpha value is -1.75. The Balaban J connectivity index is 1.80. The van der Waals surface area contributed by atoms with Gasteiger partial charge >= 0.3 is 0 Å². The summed E-state index contributed by atoms with van der Waals surface area (Å²) in [5.74, 6) is 0.706. The molecule has 2 aromatic carbocycles. The first-order chi connectivity index (χ1) is 12.0. The molecule has 6 heteroatoms. The van der Waals surface area contributed by atoms with Crippen LogP contribution in [-0.4, -0.2) is 14.6 Å². The van der Waals surface area contributed by atoms with E-state index in [2.05, 4.69) is 52.7 Å². The number of benzene rings is 2. The van der Waals surface area contributed by atoms with Gasteiger partial charge in [0.25, 0.3) is 0 Å². The van der Waals surface area contributed by atoms with Crippen molar-refractivity contribution in [2.45, 2.75) is 24.8 Å². The highest BCUT2D eigenvalue weighted by atomic mass is 35.5. The molecule has 0 N–H and O–H groups in total. The number of pyridine rings is 1. The van der Waals surface area contributed by atoms with Crippen LogP contribution in [0.25, 0.3) is 16.6 Å². The summed E-state index contributed by atoms with van der Waals surface area (Å²) in [7, 11) is 0. The van der Waals surface area contributed by atoms with Gasteiger partial charge in [-0.3, -0.25) is 4.40 Å². The van der Waals surface area contributed by atoms with Gasteiger partial charge in [-0.25, -0.2) is 0 Å². The van der Waals surface area contributed by atoms with Gasteiger partial charge in [0, 0.05) is 21.2 Å². The van der Waals surface area contributed by atoms with Crippen molar-refractivity contribution < 1.29 is 0 Å². The molecule has 126 valence electrons. The molecule has 0 spiro atoms. The summed E-state index contributed by atoms with van der Waals surface area (Å²) in [5.41, 5.74) is 5.46. The molecule has 0 aliphatic heterocycles. The van der Waals surface area contributed by atoms with E-state index in [1.54, 1.807) is 17.8 Å². The first-order valence-electron chi connectivity index (χ1n) is 7.85. The maximum atomic E-state index is 6.29. The summed E-state index contributed by atoms with van der Waals surface area (Å²) < 4.78 is 2.13. The van der Waals surface area contributed by atoms with E-state index in [-0.39, 0.29) is 0 Å². The molecule has 0 fully saturated rings. The Labute approximate surface area is 160 Å². The van der Waals surface area contributed by atoms with Crippen molar-refractivity contribution >= 4 is 51.5 Å². The van der Waals surface area contributed by atoms with E-state index in [1.165, 1.54) is 16.5 Å². The van der Waals surface area contributed by atoms with Gasteiger partial charge < -0.3 is 0 Å². The number of thioether (sulfide) groups is 1. The molecule has 0 atom stereocenters. The fourth-order valence-electron chi connectivity index (χ4n) is 3.00. The van der Waals surface area contributed by atoms with Crippen molar-refractivity contribution in [1.29, 1.82) is 0 Å². The van der Waals surface area contributed by atoms with Crippen LogP contribution in [0.4, 0.5) is 0 Å². The van der Waals surface area contributed by atoms with Gasteiger partial charge in [-0.15, -0.1) is 10.2 Å². The molecule has 0 bridgehead atoms. The van der Waals surface area contributed by atoms with Gasteiger partial charge in [0.05, 0.1) is 5.52 Å². The Morgan fingerprint density at radius 1 is 1.00 bits per heavy atom. The predicted molar refractivity (Wildman–Crippen MR) is 106 cm³/mol. The van der Waals surface area contributed by atoms with Crippen molar-refractivity contribution in [2.75, 3.05) is 0 Å². The Morgan fingerprint density at radius 2 is 1.84 bits per heavy atom. The number of nitrogens with zero attached hydrogens (tertiary/aromatic N) is 3.